The van der Waals surface area contributed by atoms with Gasteiger partial charge in [-0.25, -0.2) is 4.98 Å². The van der Waals surface area contributed by atoms with E-state index in [9.17, 15) is 9.59 Å². The van der Waals surface area contributed by atoms with Crippen LogP contribution in [-0.2, 0) is 0 Å². The van der Waals surface area contributed by atoms with Crippen molar-refractivity contribution in [2.24, 2.45) is 0 Å². The van der Waals surface area contributed by atoms with E-state index in [1.165, 1.54) is 25.7 Å². The summed E-state index contributed by atoms with van der Waals surface area (Å²) in [6, 6.07) is 4.90. The van der Waals surface area contributed by atoms with Crippen molar-refractivity contribution in [2.75, 3.05) is 30.8 Å². The van der Waals surface area contributed by atoms with E-state index in [1.807, 2.05) is 0 Å². The summed E-state index contributed by atoms with van der Waals surface area (Å²) in [7, 11) is 1.50. The number of anilines is 2. The second kappa shape index (κ2) is 9.88. The minimum atomic E-state index is -0.505. The highest BCUT2D eigenvalue weighted by Gasteiger charge is 2.19. The van der Waals surface area contributed by atoms with Crippen molar-refractivity contribution < 1.29 is 19.1 Å². The van der Waals surface area contributed by atoms with Crippen LogP contribution in [0.25, 0.3) is 0 Å². The fourth-order valence-corrected chi connectivity index (χ4v) is 3.23. The Labute approximate surface area is 183 Å². The third-order valence-corrected chi connectivity index (χ3v) is 4.87. The first kappa shape index (κ1) is 21.2. The monoisotopic (exact) mass is 437 g/mol. The fraction of sp³-hybridized carbons (Fsp3) is 0.286. The van der Waals surface area contributed by atoms with Gasteiger partial charge < -0.3 is 25.4 Å². The Morgan fingerprint density at radius 3 is 2.69 bits per heavy atom. The molecule has 2 amide bonds. The molecule has 0 saturated carbocycles. The molecule has 0 aromatic carbocycles. The molecule has 3 aromatic heterocycles. The number of piperidine rings is 1. The summed E-state index contributed by atoms with van der Waals surface area (Å²) in [5, 5.41) is 15.2. The van der Waals surface area contributed by atoms with Gasteiger partial charge in [0.15, 0.2) is 5.69 Å². The average molecular weight is 437 g/mol. The number of H-pyrrole nitrogens is 1. The highest BCUT2D eigenvalue weighted by Crippen LogP contribution is 2.20. The maximum atomic E-state index is 12.7. The predicted molar refractivity (Wildman–Crippen MR) is 116 cm³/mol. The molecule has 4 heterocycles. The van der Waals surface area contributed by atoms with Crippen LogP contribution in [0, 0.1) is 0 Å². The van der Waals surface area contributed by atoms with Crippen LogP contribution in [0.5, 0.6) is 11.6 Å². The number of pyridine rings is 2. The molecule has 0 aliphatic carbocycles. The number of ether oxygens (including phenoxy) is 2. The molecule has 1 fully saturated rings. The molecule has 0 atom stereocenters. The van der Waals surface area contributed by atoms with Crippen LogP contribution in [0.3, 0.4) is 0 Å². The minimum Gasteiger partial charge on any atom is -0.489 e. The summed E-state index contributed by atoms with van der Waals surface area (Å²) in [5.74, 6) is 0.0156. The second-order valence-corrected chi connectivity index (χ2v) is 7.12. The Bertz CT molecular complexity index is 1080. The van der Waals surface area contributed by atoms with Crippen molar-refractivity contribution in [1.29, 1.82) is 0 Å². The molecule has 0 bridgehead atoms. The third-order valence-electron chi connectivity index (χ3n) is 4.87. The standard InChI is InChI=1S/C21H23N7O4/c1-31-18-3-2-14(10-24-18)26-21(30)19-17(12-25-28-19)27-20(29)13-8-16(11-23-9-13)32-15-4-6-22-7-5-15/h2-3,8-12,15,22H,4-7H2,1H3,(H,25,28)(H,26,30)(H,27,29). The average Bonchev–Trinajstić information content (AvgIpc) is 3.29. The van der Waals surface area contributed by atoms with E-state index >= 15 is 0 Å². The zero-order chi connectivity index (χ0) is 22.3. The molecular weight excluding hydrogens is 414 g/mol. The first-order chi connectivity index (χ1) is 15.6. The molecule has 0 unspecified atom stereocenters. The zero-order valence-corrected chi connectivity index (χ0v) is 17.4. The normalized spacial score (nSPS) is 13.9. The number of carbonyl (C=O) groups is 2. The molecule has 0 radical (unpaired) electrons. The van der Waals surface area contributed by atoms with Crippen LogP contribution in [0.1, 0.15) is 33.7 Å². The third kappa shape index (κ3) is 5.19. The van der Waals surface area contributed by atoms with E-state index in [-0.39, 0.29) is 17.5 Å². The van der Waals surface area contributed by atoms with E-state index in [0.29, 0.717) is 22.9 Å². The number of hydrogen-bond donors (Lipinski definition) is 4. The molecule has 4 rings (SSSR count). The van der Waals surface area contributed by atoms with E-state index in [1.54, 1.807) is 24.4 Å². The minimum absolute atomic E-state index is 0.0317. The Morgan fingerprint density at radius 1 is 1.09 bits per heavy atom. The Morgan fingerprint density at radius 2 is 1.94 bits per heavy atom. The maximum Gasteiger partial charge on any atom is 0.278 e. The lowest BCUT2D eigenvalue weighted by Gasteiger charge is -2.23. The van der Waals surface area contributed by atoms with Crippen LogP contribution in [0.4, 0.5) is 11.4 Å². The molecule has 11 heteroatoms. The molecule has 32 heavy (non-hydrogen) atoms. The summed E-state index contributed by atoms with van der Waals surface area (Å²) in [6.07, 6.45) is 7.80. The van der Waals surface area contributed by atoms with Gasteiger partial charge in [0, 0.05) is 18.5 Å². The van der Waals surface area contributed by atoms with Gasteiger partial charge in [-0.3, -0.25) is 19.7 Å². The highest BCUT2D eigenvalue weighted by atomic mass is 16.5. The Balaban J connectivity index is 1.41. The zero-order valence-electron chi connectivity index (χ0n) is 17.4. The number of aromatic nitrogens is 4. The molecule has 3 aromatic rings. The van der Waals surface area contributed by atoms with Gasteiger partial charge in [-0.2, -0.15) is 5.10 Å². The molecule has 1 saturated heterocycles. The first-order valence-electron chi connectivity index (χ1n) is 10.1. The van der Waals surface area contributed by atoms with E-state index in [0.717, 1.165) is 25.9 Å². The number of amides is 2. The lowest BCUT2D eigenvalue weighted by molar-refractivity contribution is 0.102. The van der Waals surface area contributed by atoms with Gasteiger partial charge in [-0.05, 0) is 38.1 Å². The fourth-order valence-electron chi connectivity index (χ4n) is 3.23. The van der Waals surface area contributed by atoms with Crippen molar-refractivity contribution in [2.45, 2.75) is 18.9 Å². The molecule has 4 N–H and O–H groups in total. The summed E-state index contributed by atoms with van der Waals surface area (Å²) >= 11 is 0. The van der Waals surface area contributed by atoms with Crippen molar-refractivity contribution in [3.63, 3.8) is 0 Å². The van der Waals surface area contributed by atoms with Gasteiger partial charge in [0.1, 0.15) is 11.9 Å². The summed E-state index contributed by atoms with van der Waals surface area (Å²) in [4.78, 5) is 33.5. The van der Waals surface area contributed by atoms with E-state index in [4.69, 9.17) is 9.47 Å². The van der Waals surface area contributed by atoms with Gasteiger partial charge in [-0.1, -0.05) is 0 Å². The number of hydrogen-bond acceptors (Lipinski definition) is 8. The van der Waals surface area contributed by atoms with Crippen molar-refractivity contribution in [1.82, 2.24) is 25.5 Å². The highest BCUT2D eigenvalue weighted by molar-refractivity contribution is 6.11. The number of nitrogens with zero attached hydrogens (tertiary/aromatic N) is 3. The summed E-state index contributed by atoms with van der Waals surface area (Å²) in [5.41, 5.74) is 1.04. The van der Waals surface area contributed by atoms with Gasteiger partial charge in [0.2, 0.25) is 5.88 Å². The van der Waals surface area contributed by atoms with Crippen LogP contribution >= 0.6 is 0 Å². The molecule has 1 aliphatic rings. The van der Waals surface area contributed by atoms with E-state index < -0.39 is 11.8 Å². The van der Waals surface area contributed by atoms with E-state index in [2.05, 4.69) is 36.1 Å². The number of aromatic amines is 1. The predicted octanol–water partition coefficient (Wildman–Crippen LogP) is 1.84. The number of methoxy groups -OCH3 is 1. The quantitative estimate of drug-likeness (QED) is 0.438. The summed E-state index contributed by atoms with van der Waals surface area (Å²) in [6.45, 7) is 1.80. The van der Waals surface area contributed by atoms with Crippen molar-refractivity contribution >= 4 is 23.2 Å². The Hall–Kier alpha value is -3.99. The molecular formula is C21H23N7O4. The van der Waals surface area contributed by atoms with Gasteiger partial charge in [0.05, 0.1) is 36.4 Å². The number of nitrogens with one attached hydrogen (secondary N) is 4. The lowest BCUT2D eigenvalue weighted by atomic mass is 10.1. The van der Waals surface area contributed by atoms with Crippen molar-refractivity contribution in [3.8, 4) is 11.6 Å². The number of rotatable bonds is 7. The maximum absolute atomic E-state index is 12.7. The Kier molecular flexibility index (Phi) is 6.56. The molecule has 0 spiro atoms. The number of carbonyl (C=O) groups excluding carboxylic acids is 2. The lowest BCUT2D eigenvalue weighted by Crippen LogP contribution is -2.34. The second-order valence-electron chi connectivity index (χ2n) is 7.12. The van der Waals surface area contributed by atoms with Gasteiger partial charge >= 0.3 is 0 Å². The van der Waals surface area contributed by atoms with Crippen LogP contribution in [0.2, 0.25) is 0 Å². The SMILES string of the molecule is COc1ccc(NC(=O)c2n[nH]cc2NC(=O)c2cncc(OC3CCNCC3)c2)cn1. The van der Waals surface area contributed by atoms with Crippen molar-refractivity contribution in [3.05, 3.63) is 54.2 Å². The van der Waals surface area contributed by atoms with Crippen LogP contribution in [0.15, 0.2) is 43.0 Å². The first-order valence-corrected chi connectivity index (χ1v) is 10.1. The smallest absolute Gasteiger partial charge is 0.278 e. The van der Waals surface area contributed by atoms with Crippen LogP contribution in [-0.4, -0.2) is 58.3 Å². The van der Waals surface area contributed by atoms with Gasteiger partial charge in [0.25, 0.3) is 11.8 Å². The van der Waals surface area contributed by atoms with Crippen LogP contribution < -0.4 is 25.4 Å². The van der Waals surface area contributed by atoms with Gasteiger partial charge in [-0.15, -0.1) is 0 Å². The molecule has 11 nitrogen and oxygen atoms in total. The molecule has 166 valence electrons. The summed E-state index contributed by atoms with van der Waals surface area (Å²) < 4.78 is 10.9. The topological polar surface area (TPSA) is 143 Å². The largest absolute Gasteiger partial charge is 0.489 e. The molecule has 1 aliphatic heterocycles.